The smallest absolute Gasteiger partial charge is 0.00263 e. The van der Waals surface area contributed by atoms with Crippen LogP contribution in [0.4, 0.5) is 0 Å². The number of aryl methyl sites for hydroxylation is 2. The number of hydrogen-bond acceptors (Lipinski definition) is 0. The van der Waals surface area contributed by atoms with Crippen LogP contribution >= 0.6 is 0 Å². The Morgan fingerprint density at radius 2 is 0.893 bits per heavy atom. The quantitative estimate of drug-likeness (QED) is 0.281. The van der Waals surface area contributed by atoms with E-state index in [4.69, 9.17) is 0 Å². The molecule has 5 rings (SSSR count). The van der Waals surface area contributed by atoms with Crippen LogP contribution < -0.4 is 0 Å². The summed E-state index contributed by atoms with van der Waals surface area (Å²) in [5.74, 6) is 0. The van der Waals surface area contributed by atoms with Crippen LogP contribution in [0.1, 0.15) is 11.1 Å². The van der Waals surface area contributed by atoms with Gasteiger partial charge in [0.15, 0.2) is 0 Å². The fraction of sp³-hybridized carbons (Fsp3) is 0.0714. The summed E-state index contributed by atoms with van der Waals surface area (Å²) >= 11 is 0. The minimum absolute atomic E-state index is 1.27. The Balaban J connectivity index is 2.01. The zero-order chi connectivity index (χ0) is 19.1. The Bertz CT molecular complexity index is 1290. The Hall–Kier alpha value is -3.38. The Labute approximate surface area is 166 Å². The number of benzene rings is 5. The van der Waals surface area contributed by atoms with E-state index in [0.29, 0.717) is 0 Å². The predicted molar refractivity (Wildman–Crippen MR) is 122 cm³/mol. The van der Waals surface area contributed by atoms with Crippen LogP contribution in [0.5, 0.6) is 0 Å². The van der Waals surface area contributed by atoms with Crippen molar-refractivity contribution in [2.75, 3.05) is 0 Å². The van der Waals surface area contributed by atoms with E-state index in [1.165, 1.54) is 54.9 Å². The Morgan fingerprint density at radius 3 is 1.57 bits per heavy atom. The van der Waals surface area contributed by atoms with E-state index >= 15 is 0 Å². The lowest BCUT2D eigenvalue weighted by Crippen LogP contribution is -1.91. The molecule has 0 unspecified atom stereocenters. The van der Waals surface area contributed by atoms with Gasteiger partial charge in [-0.25, -0.2) is 0 Å². The fourth-order valence-corrected chi connectivity index (χ4v) is 4.24. The maximum absolute atomic E-state index is 2.34. The Morgan fingerprint density at radius 1 is 0.393 bits per heavy atom. The van der Waals surface area contributed by atoms with Gasteiger partial charge in [0.1, 0.15) is 0 Å². The van der Waals surface area contributed by atoms with Gasteiger partial charge >= 0.3 is 0 Å². The highest BCUT2D eigenvalue weighted by molar-refractivity contribution is 6.21. The molecule has 0 heterocycles. The van der Waals surface area contributed by atoms with E-state index in [2.05, 4.69) is 111 Å². The highest BCUT2D eigenvalue weighted by Gasteiger charge is 2.16. The molecular formula is C28H22. The van der Waals surface area contributed by atoms with Gasteiger partial charge in [-0.05, 0) is 57.6 Å². The van der Waals surface area contributed by atoms with Gasteiger partial charge in [0.2, 0.25) is 0 Å². The number of rotatable bonds is 2. The van der Waals surface area contributed by atoms with Crippen LogP contribution in [-0.4, -0.2) is 0 Å². The lowest BCUT2D eigenvalue weighted by Gasteiger charge is -2.18. The third-order valence-corrected chi connectivity index (χ3v) is 5.58. The first-order chi connectivity index (χ1) is 13.7. The first-order valence-corrected chi connectivity index (χ1v) is 9.80. The summed E-state index contributed by atoms with van der Waals surface area (Å²) in [5.41, 5.74) is 7.76. The van der Waals surface area contributed by atoms with Crippen molar-refractivity contribution in [2.24, 2.45) is 0 Å². The predicted octanol–water partition coefficient (Wildman–Crippen LogP) is 7.94. The second-order valence-corrected chi connectivity index (χ2v) is 7.58. The van der Waals surface area contributed by atoms with Crippen LogP contribution in [0, 0.1) is 13.8 Å². The first kappa shape index (κ1) is 16.8. The molecule has 0 amide bonds. The van der Waals surface area contributed by atoms with E-state index in [0.717, 1.165) is 0 Å². The first-order valence-electron chi connectivity index (χ1n) is 9.80. The van der Waals surface area contributed by atoms with E-state index in [9.17, 15) is 0 Å². The van der Waals surface area contributed by atoms with E-state index in [-0.39, 0.29) is 0 Å². The molecule has 0 N–H and O–H groups in total. The number of hydrogen-bond donors (Lipinski definition) is 0. The zero-order valence-corrected chi connectivity index (χ0v) is 16.2. The average molecular weight is 358 g/mol. The molecule has 0 aliphatic rings. The standard InChI is InChI=1S/C28H22/c1-19-12-15-22(16-13-19)28-24-11-7-6-10-23(24)27(21-8-4-3-5-9-21)25-17-14-20(2)18-26(25)28/h3-18H,1-2H3. The summed E-state index contributed by atoms with van der Waals surface area (Å²) in [7, 11) is 0. The highest BCUT2D eigenvalue weighted by atomic mass is 14.2. The van der Waals surface area contributed by atoms with Gasteiger partial charge in [-0.3, -0.25) is 0 Å². The molecule has 0 atom stereocenters. The highest BCUT2D eigenvalue weighted by Crippen LogP contribution is 2.43. The van der Waals surface area contributed by atoms with Crippen molar-refractivity contribution < 1.29 is 0 Å². The number of fused-ring (bicyclic) bond motifs is 2. The lowest BCUT2D eigenvalue weighted by molar-refractivity contribution is 1.47. The minimum atomic E-state index is 1.27. The molecule has 5 aromatic carbocycles. The lowest BCUT2D eigenvalue weighted by atomic mass is 9.85. The van der Waals surface area contributed by atoms with Crippen LogP contribution in [0.15, 0.2) is 97.1 Å². The summed E-state index contributed by atoms with van der Waals surface area (Å²) in [6.07, 6.45) is 0. The molecule has 28 heavy (non-hydrogen) atoms. The summed E-state index contributed by atoms with van der Waals surface area (Å²) in [4.78, 5) is 0. The van der Waals surface area contributed by atoms with Crippen molar-refractivity contribution in [2.45, 2.75) is 13.8 Å². The van der Waals surface area contributed by atoms with Crippen molar-refractivity contribution in [1.82, 2.24) is 0 Å². The molecule has 0 fully saturated rings. The van der Waals surface area contributed by atoms with Crippen molar-refractivity contribution in [1.29, 1.82) is 0 Å². The van der Waals surface area contributed by atoms with E-state index < -0.39 is 0 Å². The van der Waals surface area contributed by atoms with Crippen molar-refractivity contribution >= 4 is 21.5 Å². The summed E-state index contributed by atoms with van der Waals surface area (Å²) in [6, 6.07) is 35.3. The van der Waals surface area contributed by atoms with Crippen molar-refractivity contribution in [3.63, 3.8) is 0 Å². The van der Waals surface area contributed by atoms with Crippen LogP contribution in [0.3, 0.4) is 0 Å². The molecule has 0 saturated heterocycles. The molecule has 0 spiro atoms. The third-order valence-electron chi connectivity index (χ3n) is 5.58. The topological polar surface area (TPSA) is 0 Å². The maximum Gasteiger partial charge on any atom is -0.00263 e. The SMILES string of the molecule is Cc1ccc(-c2c3ccccc3c(-c3ccccc3)c3ccc(C)cc23)cc1. The molecule has 0 aliphatic carbocycles. The monoisotopic (exact) mass is 358 g/mol. The van der Waals surface area contributed by atoms with Gasteiger partial charge in [0.25, 0.3) is 0 Å². The largest absolute Gasteiger partial charge is 0.0622 e. The second-order valence-electron chi connectivity index (χ2n) is 7.58. The van der Waals surface area contributed by atoms with Crippen molar-refractivity contribution in [3.05, 3.63) is 108 Å². The minimum Gasteiger partial charge on any atom is -0.0622 e. The zero-order valence-electron chi connectivity index (χ0n) is 16.2. The third kappa shape index (κ3) is 2.70. The summed E-state index contributed by atoms with van der Waals surface area (Å²) in [5, 5.41) is 5.25. The molecule has 0 saturated carbocycles. The van der Waals surface area contributed by atoms with Crippen LogP contribution in [0.25, 0.3) is 43.8 Å². The molecule has 0 heteroatoms. The molecule has 0 radical (unpaired) electrons. The van der Waals surface area contributed by atoms with Gasteiger partial charge < -0.3 is 0 Å². The molecule has 134 valence electrons. The van der Waals surface area contributed by atoms with Gasteiger partial charge in [-0.1, -0.05) is 108 Å². The van der Waals surface area contributed by atoms with Crippen LogP contribution in [0.2, 0.25) is 0 Å². The molecule has 0 aliphatic heterocycles. The van der Waals surface area contributed by atoms with Gasteiger partial charge in [0, 0.05) is 0 Å². The van der Waals surface area contributed by atoms with Crippen molar-refractivity contribution in [3.8, 4) is 22.3 Å². The van der Waals surface area contributed by atoms with Gasteiger partial charge in [-0.15, -0.1) is 0 Å². The summed E-state index contributed by atoms with van der Waals surface area (Å²) < 4.78 is 0. The van der Waals surface area contributed by atoms with Gasteiger partial charge in [-0.2, -0.15) is 0 Å². The molecular weight excluding hydrogens is 336 g/mol. The van der Waals surface area contributed by atoms with Gasteiger partial charge in [0.05, 0.1) is 0 Å². The molecule has 0 bridgehead atoms. The molecule has 0 nitrogen and oxygen atoms in total. The maximum atomic E-state index is 2.34. The fourth-order valence-electron chi connectivity index (χ4n) is 4.24. The average Bonchev–Trinajstić information content (AvgIpc) is 2.73. The van der Waals surface area contributed by atoms with Crippen LogP contribution in [-0.2, 0) is 0 Å². The molecule has 5 aromatic rings. The Kier molecular flexibility index (Phi) is 3.98. The molecule has 0 aromatic heterocycles. The summed E-state index contributed by atoms with van der Waals surface area (Å²) in [6.45, 7) is 4.32. The van der Waals surface area contributed by atoms with E-state index in [1.54, 1.807) is 0 Å². The van der Waals surface area contributed by atoms with E-state index in [1.807, 2.05) is 0 Å². The normalized spacial score (nSPS) is 11.2. The second kappa shape index (κ2) is 6.65.